The molecule has 1 aromatic rings. The van der Waals surface area contributed by atoms with Gasteiger partial charge in [-0.3, -0.25) is 4.90 Å². The van der Waals surface area contributed by atoms with Crippen LogP contribution in [-0.2, 0) is 11.8 Å². The number of phenolic OH excluding ortho intramolecular Hbond substituents is 1. The Labute approximate surface area is 197 Å². The lowest BCUT2D eigenvalue weighted by molar-refractivity contribution is -0.305. The van der Waals surface area contributed by atoms with Crippen LogP contribution in [0.2, 0.25) is 0 Å². The Morgan fingerprint density at radius 1 is 1.12 bits per heavy atom. The summed E-state index contributed by atoms with van der Waals surface area (Å²) in [7, 11) is 0. The van der Waals surface area contributed by atoms with Crippen LogP contribution in [0.4, 0.5) is 0 Å². The van der Waals surface area contributed by atoms with Gasteiger partial charge in [0.05, 0.1) is 5.60 Å². The summed E-state index contributed by atoms with van der Waals surface area (Å²) in [4.78, 5) is 2.77. The van der Waals surface area contributed by atoms with Crippen molar-refractivity contribution in [3.63, 3.8) is 0 Å². The van der Waals surface area contributed by atoms with Gasteiger partial charge in [0.25, 0.3) is 0 Å². The zero-order valence-corrected chi connectivity index (χ0v) is 20.5. The van der Waals surface area contributed by atoms with E-state index in [0.717, 1.165) is 38.1 Å². The van der Waals surface area contributed by atoms with Gasteiger partial charge in [-0.25, -0.2) is 0 Å². The van der Waals surface area contributed by atoms with Crippen molar-refractivity contribution in [2.45, 2.75) is 101 Å². The van der Waals surface area contributed by atoms with E-state index in [0.29, 0.717) is 18.2 Å². The molecular weight excluding hydrogens is 414 g/mol. The molecule has 8 rings (SSSR count). The predicted molar refractivity (Wildman–Crippen MR) is 125 cm³/mol. The molecule has 0 aromatic heterocycles. The number of rotatable bonds is 3. The first-order valence-electron chi connectivity index (χ1n) is 13.2. The van der Waals surface area contributed by atoms with Crippen LogP contribution in [0.15, 0.2) is 12.1 Å². The predicted octanol–water partition coefficient (Wildman–Crippen LogP) is 3.76. The average Bonchev–Trinajstić information content (AvgIpc) is 3.48. The van der Waals surface area contributed by atoms with E-state index >= 15 is 0 Å². The van der Waals surface area contributed by atoms with Crippen molar-refractivity contribution in [1.82, 2.24) is 4.90 Å². The molecule has 0 radical (unpaired) electrons. The van der Waals surface area contributed by atoms with Gasteiger partial charge in [-0.2, -0.15) is 0 Å². The second-order valence-electron chi connectivity index (χ2n) is 13.6. The van der Waals surface area contributed by atoms with E-state index in [-0.39, 0.29) is 27.9 Å². The van der Waals surface area contributed by atoms with E-state index in [2.05, 4.69) is 31.7 Å². The molecule has 2 spiro atoms. The number of piperidine rings is 1. The summed E-state index contributed by atoms with van der Waals surface area (Å²) in [6.45, 7) is 10.4. The standard InChI is InChI=1S/C28H39NO4/c1-24(2,3)25(4,31)19-14-26-9-10-28(19,32)23-27(26)11-12-29(15-16-5-6-16)20(26)13-17-7-8-18(30)22(33-23)21(17)27/h7-8,16,19-20,23,30-32H,5-6,9-15H2,1-4H3/t19-,20+,23+,25?,26+,27-,28+/m0/s1. The molecule has 2 heterocycles. The molecule has 3 N–H and O–H groups in total. The Morgan fingerprint density at radius 2 is 1.88 bits per heavy atom. The molecule has 33 heavy (non-hydrogen) atoms. The molecule has 7 aliphatic rings. The fourth-order valence-electron chi connectivity index (χ4n) is 9.26. The van der Waals surface area contributed by atoms with E-state index < -0.39 is 17.3 Å². The fourth-order valence-corrected chi connectivity index (χ4v) is 9.26. The Morgan fingerprint density at radius 3 is 2.58 bits per heavy atom. The van der Waals surface area contributed by atoms with E-state index in [4.69, 9.17) is 4.74 Å². The first-order valence-corrected chi connectivity index (χ1v) is 13.2. The van der Waals surface area contributed by atoms with Crippen molar-refractivity contribution in [2.75, 3.05) is 13.1 Å². The largest absolute Gasteiger partial charge is 0.504 e. The molecule has 4 bridgehead atoms. The third-order valence-electron chi connectivity index (χ3n) is 11.5. The quantitative estimate of drug-likeness (QED) is 0.650. The van der Waals surface area contributed by atoms with Crippen molar-refractivity contribution in [3.05, 3.63) is 23.3 Å². The summed E-state index contributed by atoms with van der Waals surface area (Å²) in [5.74, 6) is 1.39. The number of aliphatic hydroxyl groups is 2. The van der Waals surface area contributed by atoms with Crippen molar-refractivity contribution < 1.29 is 20.1 Å². The third-order valence-corrected chi connectivity index (χ3v) is 11.5. The minimum Gasteiger partial charge on any atom is -0.504 e. The van der Waals surface area contributed by atoms with Crippen LogP contribution in [0.5, 0.6) is 11.5 Å². The summed E-state index contributed by atoms with van der Waals surface area (Å²) in [6, 6.07) is 4.30. The molecule has 1 unspecified atom stereocenters. The van der Waals surface area contributed by atoms with Crippen molar-refractivity contribution in [1.29, 1.82) is 0 Å². The smallest absolute Gasteiger partial charge is 0.165 e. The minimum absolute atomic E-state index is 0.0404. The molecule has 5 nitrogen and oxygen atoms in total. The van der Waals surface area contributed by atoms with Gasteiger partial charge in [0.15, 0.2) is 11.5 Å². The molecule has 0 amide bonds. The molecule has 180 valence electrons. The molecule has 5 aliphatic carbocycles. The molecular formula is C28H39NO4. The first-order chi connectivity index (χ1) is 15.5. The lowest BCUT2D eigenvalue weighted by Gasteiger charge is -2.75. The van der Waals surface area contributed by atoms with E-state index in [1.807, 2.05) is 6.92 Å². The van der Waals surface area contributed by atoms with E-state index in [1.165, 1.54) is 30.5 Å². The molecule has 4 saturated carbocycles. The summed E-state index contributed by atoms with van der Waals surface area (Å²) >= 11 is 0. The lowest BCUT2D eigenvalue weighted by atomic mass is 9.33. The normalized spacial score (nSPS) is 44.8. The van der Waals surface area contributed by atoms with Crippen LogP contribution < -0.4 is 4.74 Å². The highest BCUT2D eigenvalue weighted by Gasteiger charge is 2.81. The van der Waals surface area contributed by atoms with Crippen LogP contribution in [0.1, 0.15) is 77.3 Å². The molecule has 5 fully saturated rings. The number of aromatic hydroxyl groups is 1. The Bertz CT molecular complexity index is 1040. The maximum absolute atomic E-state index is 12.5. The van der Waals surface area contributed by atoms with Gasteiger partial charge < -0.3 is 20.1 Å². The third kappa shape index (κ3) is 2.22. The number of hydrogen-bond acceptors (Lipinski definition) is 5. The number of nitrogens with zero attached hydrogens (tertiary/aromatic N) is 1. The summed E-state index contributed by atoms with van der Waals surface area (Å²) in [5.41, 5.74) is -0.323. The SMILES string of the molecule is CC(C)(C)C(C)(O)[C@@H]1C[C@@]23CC[C@]1(O)[C@@H]1Oc4c(O)ccc5c4[C@@]12CCN(CC1CC1)[C@@H]3C5. The first kappa shape index (κ1) is 21.0. The number of ether oxygens (including phenoxy) is 1. The van der Waals surface area contributed by atoms with Crippen LogP contribution in [0.25, 0.3) is 0 Å². The summed E-state index contributed by atoms with van der Waals surface area (Å²) < 4.78 is 6.68. The molecule has 1 saturated heterocycles. The van der Waals surface area contributed by atoms with Crippen molar-refractivity contribution in [3.8, 4) is 11.5 Å². The highest BCUT2D eigenvalue weighted by atomic mass is 16.5. The van der Waals surface area contributed by atoms with Gasteiger partial charge in [0, 0.05) is 34.9 Å². The molecule has 7 atom stereocenters. The number of phenols is 1. The second kappa shape index (κ2) is 5.91. The van der Waals surface area contributed by atoms with Gasteiger partial charge in [-0.05, 0) is 81.4 Å². The fraction of sp³-hybridized carbons (Fsp3) is 0.786. The monoisotopic (exact) mass is 453 g/mol. The Balaban J connectivity index is 1.46. The highest BCUT2D eigenvalue weighted by Crippen LogP contribution is 2.77. The van der Waals surface area contributed by atoms with Crippen LogP contribution in [-0.4, -0.2) is 56.7 Å². The average molecular weight is 454 g/mol. The van der Waals surface area contributed by atoms with Gasteiger partial charge in [-0.1, -0.05) is 26.8 Å². The highest BCUT2D eigenvalue weighted by molar-refractivity contribution is 5.63. The van der Waals surface area contributed by atoms with Crippen LogP contribution >= 0.6 is 0 Å². The molecule has 2 aliphatic heterocycles. The number of benzene rings is 1. The van der Waals surface area contributed by atoms with Gasteiger partial charge >= 0.3 is 0 Å². The second-order valence-corrected chi connectivity index (χ2v) is 13.6. The summed E-state index contributed by atoms with van der Waals surface area (Å²) in [6.07, 6.45) is 6.71. The molecule has 5 heteroatoms. The van der Waals surface area contributed by atoms with Crippen LogP contribution in [0, 0.1) is 22.7 Å². The number of hydrogen-bond donors (Lipinski definition) is 3. The zero-order valence-electron chi connectivity index (χ0n) is 20.5. The topological polar surface area (TPSA) is 73.2 Å². The maximum atomic E-state index is 12.5. The maximum Gasteiger partial charge on any atom is 0.165 e. The van der Waals surface area contributed by atoms with Gasteiger partial charge in [0.2, 0.25) is 0 Å². The van der Waals surface area contributed by atoms with E-state index in [9.17, 15) is 15.3 Å². The number of fused-ring (bicyclic) bond motifs is 2. The zero-order chi connectivity index (χ0) is 23.2. The van der Waals surface area contributed by atoms with Crippen LogP contribution in [0.3, 0.4) is 0 Å². The Hall–Kier alpha value is -1.30. The van der Waals surface area contributed by atoms with Crippen molar-refractivity contribution in [2.24, 2.45) is 22.7 Å². The summed E-state index contributed by atoms with van der Waals surface area (Å²) in [5, 5.41) is 35.3. The van der Waals surface area contributed by atoms with E-state index in [1.54, 1.807) is 6.07 Å². The number of likely N-dealkylation sites (tertiary alicyclic amines) is 1. The lowest BCUT2D eigenvalue weighted by Crippen LogP contribution is -2.82. The van der Waals surface area contributed by atoms with Gasteiger partial charge in [0.1, 0.15) is 11.7 Å². The minimum atomic E-state index is -1.11. The van der Waals surface area contributed by atoms with Gasteiger partial charge in [-0.15, -0.1) is 0 Å². The van der Waals surface area contributed by atoms with Crippen molar-refractivity contribution >= 4 is 0 Å². The molecule has 1 aromatic carbocycles. The Kier molecular flexibility index (Phi) is 3.76.